The predicted octanol–water partition coefficient (Wildman–Crippen LogP) is 3.19. The average molecular weight is 372 g/mol. The van der Waals surface area contributed by atoms with Gasteiger partial charge in [0.1, 0.15) is 16.0 Å². The highest BCUT2D eigenvalue weighted by atomic mass is 79.9. The van der Waals surface area contributed by atoms with Crippen LogP contribution in [0.5, 0.6) is 0 Å². The van der Waals surface area contributed by atoms with Crippen molar-refractivity contribution < 1.29 is 8.42 Å². The van der Waals surface area contributed by atoms with Crippen molar-refractivity contribution >= 4 is 42.3 Å². The van der Waals surface area contributed by atoms with Crippen LogP contribution >= 0.6 is 27.3 Å². The van der Waals surface area contributed by atoms with Gasteiger partial charge in [0.05, 0.1) is 5.56 Å². The third-order valence-electron chi connectivity index (χ3n) is 2.71. The fourth-order valence-corrected chi connectivity index (χ4v) is 4.37. The standard InChI is InChI=1S/C12H10BrN3O2S2/c1-7-8(2)19-12(11(7)4-14)16-20(17,18)10-3-9(13)5-15-6-10/h3,5-6,16H,1-2H3. The minimum Gasteiger partial charge on any atom is -0.269 e. The quantitative estimate of drug-likeness (QED) is 0.897. The summed E-state index contributed by atoms with van der Waals surface area (Å²) in [6, 6.07) is 3.48. The van der Waals surface area contributed by atoms with Gasteiger partial charge in [-0.05, 0) is 41.4 Å². The van der Waals surface area contributed by atoms with Crippen LogP contribution in [0.2, 0.25) is 0 Å². The molecule has 2 aromatic rings. The molecule has 1 N–H and O–H groups in total. The van der Waals surface area contributed by atoms with E-state index in [4.69, 9.17) is 5.26 Å². The van der Waals surface area contributed by atoms with E-state index in [2.05, 4.69) is 25.6 Å². The number of hydrogen-bond acceptors (Lipinski definition) is 5. The van der Waals surface area contributed by atoms with Gasteiger partial charge < -0.3 is 0 Å². The Bertz CT molecular complexity index is 807. The van der Waals surface area contributed by atoms with E-state index < -0.39 is 10.0 Å². The molecule has 2 rings (SSSR count). The summed E-state index contributed by atoms with van der Waals surface area (Å²) in [5.41, 5.74) is 1.15. The summed E-state index contributed by atoms with van der Waals surface area (Å²) in [5, 5.41) is 9.46. The summed E-state index contributed by atoms with van der Waals surface area (Å²) in [7, 11) is -3.76. The van der Waals surface area contributed by atoms with Crippen LogP contribution < -0.4 is 4.72 Å². The van der Waals surface area contributed by atoms with E-state index in [1.54, 1.807) is 6.92 Å². The van der Waals surface area contributed by atoms with Crippen LogP contribution in [0.15, 0.2) is 27.8 Å². The molecule has 0 saturated heterocycles. The van der Waals surface area contributed by atoms with Crippen LogP contribution in [0, 0.1) is 25.2 Å². The number of pyridine rings is 1. The Morgan fingerprint density at radius 1 is 1.40 bits per heavy atom. The van der Waals surface area contributed by atoms with E-state index in [9.17, 15) is 8.42 Å². The van der Waals surface area contributed by atoms with Gasteiger partial charge in [-0.2, -0.15) is 5.26 Å². The van der Waals surface area contributed by atoms with E-state index in [1.165, 1.54) is 29.8 Å². The second kappa shape index (κ2) is 5.52. The molecule has 0 aliphatic carbocycles. The summed E-state index contributed by atoms with van der Waals surface area (Å²) >= 11 is 4.43. The number of nitriles is 1. The van der Waals surface area contributed by atoms with Crippen LogP contribution in [0.3, 0.4) is 0 Å². The highest BCUT2D eigenvalue weighted by Gasteiger charge is 2.20. The zero-order valence-corrected chi connectivity index (χ0v) is 13.9. The highest BCUT2D eigenvalue weighted by molar-refractivity contribution is 9.10. The van der Waals surface area contributed by atoms with Crippen LogP contribution in [0.25, 0.3) is 0 Å². The van der Waals surface area contributed by atoms with Crippen molar-refractivity contribution in [2.75, 3.05) is 4.72 Å². The van der Waals surface area contributed by atoms with Crippen molar-refractivity contribution in [2.24, 2.45) is 0 Å². The van der Waals surface area contributed by atoms with Gasteiger partial charge >= 0.3 is 0 Å². The first-order chi connectivity index (χ1) is 9.35. The summed E-state index contributed by atoms with van der Waals surface area (Å²) in [6.45, 7) is 3.64. The molecule has 0 saturated carbocycles. The Labute approximate surface area is 129 Å². The second-order valence-corrected chi connectivity index (χ2v) is 7.87. The SMILES string of the molecule is Cc1sc(NS(=O)(=O)c2cncc(Br)c2)c(C#N)c1C. The summed E-state index contributed by atoms with van der Waals surface area (Å²) in [5.74, 6) is 0. The lowest BCUT2D eigenvalue weighted by Gasteiger charge is -2.06. The second-order valence-electron chi connectivity index (χ2n) is 4.04. The molecule has 104 valence electrons. The summed E-state index contributed by atoms with van der Waals surface area (Å²) < 4.78 is 27.6. The topological polar surface area (TPSA) is 82.8 Å². The number of nitrogens with one attached hydrogen (secondary N) is 1. The normalized spacial score (nSPS) is 11.1. The molecule has 0 fully saturated rings. The molecule has 2 heterocycles. The first-order valence-electron chi connectivity index (χ1n) is 5.48. The summed E-state index contributed by atoms with van der Waals surface area (Å²) in [4.78, 5) is 4.78. The first kappa shape index (κ1) is 15.0. The molecule has 2 aromatic heterocycles. The predicted molar refractivity (Wildman–Crippen MR) is 81.3 cm³/mol. The molecule has 0 spiro atoms. The lowest BCUT2D eigenvalue weighted by Crippen LogP contribution is -2.13. The fourth-order valence-electron chi connectivity index (χ4n) is 1.55. The molecule has 8 heteroatoms. The molecule has 0 atom stereocenters. The molecule has 0 radical (unpaired) electrons. The molecule has 20 heavy (non-hydrogen) atoms. The van der Waals surface area contributed by atoms with Gasteiger partial charge in [-0.25, -0.2) is 8.42 Å². The largest absolute Gasteiger partial charge is 0.269 e. The number of hydrogen-bond donors (Lipinski definition) is 1. The lowest BCUT2D eigenvalue weighted by molar-refractivity contribution is 0.601. The van der Waals surface area contributed by atoms with Gasteiger partial charge in [0.2, 0.25) is 0 Å². The molecule has 0 aromatic carbocycles. The smallest absolute Gasteiger partial charge is 0.264 e. The maximum Gasteiger partial charge on any atom is 0.264 e. The number of sulfonamides is 1. The molecule has 0 amide bonds. The first-order valence-corrected chi connectivity index (χ1v) is 8.58. The number of aromatic nitrogens is 1. The van der Waals surface area contributed by atoms with E-state index in [0.717, 1.165) is 10.4 Å². The number of rotatable bonds is 3. The maximum absolute atomic E-state index is 12.3. The molecule has 0 bridgehead atoms. The van der Waals surface area contributed by atoms with Crippen molar-refractivity contribution in [3.8, 4) is 6.07 Å². The fraction of sp³-hybridized carbons (Fsp3) is 0.167. The van der Waals surface area contributed by atoms with Crippen molar-refractivity contribution in [2.45, 2.75) is 18.7 Å². The Morgan fingerprint density at radius 2 is 2.10 bits per heavy atom. The minimum absolute atomic E-state index is 0.0412. The van der Waals surface area contributed by atoms with E-state index in [0.29, 0.717) is 15.0 Å². The van der Waals surface area contributed by atoms with E-state index in [-0.39, 0.29) is 4.90 Å². The van der Waals surface area contributed by atoms with Crippen LogP contribution in [-0.4, -0.2) is 13.4 Å². The monoisotopic (exact) mass is 371 g/mol. The summed E-state index contributed by atoms with van der Waals surface area (Å²) in [6.07, 6.45) is 2.76. The lowest BCUT2D eigenvalue weighted by atomic mass is 10.2. The van der Waals surface area contributed by atoms with E-state index >= 15 is 0 Å². The van der Waals surface area contributed by atoms with Crippen molar-refractivity contribution in [1.82, 2.24) is 4.98 Å². The highest BCUT2D eigenvalue weighted by Crippen LogP contribution is 2.33. The zero-order chi connectivity index (χ0) is 14.9. The zero-order valence-electron chi connectivity index (χ0n) is 10.6. The average Bonchev–Trinajstić information content (AvgIpc) is 2.63. The molecule has 0 aliphatic heterocycles. The number of nitrogens with zero attached hydrogens (tertiary/aromatic N) is 2. The third-order valence-corrected chi connectivity index (χ3v) is 5.72. The number of halogens is 1. The maximum atomic E-state index is 12.3. The van der Waals surface area contributed by atoms with E-state index in [1.807, 2.05) is 13.0 Å². The van der Waals surface area contributed by atoms with Crippen molar-refractivity contribution in [3.05, 3.63) is 38.9 Å². The third kappa shape index (κ3) is 2.85. The minimum atomic E-state index is -3.76. The van der Waals surface area contributed by atoms with Crippen molar-refractivity contribution in [3.63, 3.8) is 0 Å². The number of thiophene rings is 1. The Kier molecular flexibility index (Phi) is 4.13. The molecule has 5 nitrogen and oxygen atoms in total. The number of anilines is 1. The van der Waals surface area contributed by atoms with Gasteiger partial charge in [-0.1, -0.05) is 0 Å². The van der Waals surface area contributed by atoms with Crippen LogP contribution in [-0.2, 0) is 10.0 Å². The Morgan fingerprint density at radius 3 is 2.70 bits per heavy atom. The molecular weight excluding hydrogens is 362 g/mol. The molecule has 0 aliphatic rings. The van der Waals surface area contributed by atoms with Crippen LogP contribution in [0.1, 0.15) is 16.0 Å². The van der Waals surface area contributed by atoms with Gasteiger partial charge in [-0.3, -0.25) is 9.71 Å². The van der Waals surface area contributed by atoms with Gasteiger partial charge in [0.15, 0.2) is 0 Å². The molecule has 0 unspecified atom stereocenters. The molecular formula is C12H10BrN3O2S2. The van der Waals surface area contributed by atoms with Crippen LogP contribution in [0.4, 0.5) is 5.00 Å². The van der Waals surface area contributed by atoms with Gasteiger partial charge in [-0.15, -0.1) is 11.3 Å². The Hall–Kier alpha value is -1.43. The van der Waals surface area contributed by atoms with Gasteiger partial charge in [0, 0.05) is 21.7 Å². The number of aryl methyl sites for hydroxylation is 1. The van der Waals surface area contributed by atoms with Gasteiger partial charge in [0.25, 0.3) is 10.0 Å². The Balaban J connectivity index is 2.44. The van der Waals surface area contributed by atoms with Crippen molar-refractivity contribution in [1.29, 1.82) is 5.26 Å².